The first kappa shape index (κ1) is 13.1. The molecule has 0 aromatic heterocycles. The van der Waals surface area contributed by atoms with E-state index in [-0.39, 0.29) is 11.8 Å². The largest absolute Gasteiger partial charge is 0.296 e. The van der Waals surface area contributed by atoms with Gasteiger partial charge in [0.25, 0.3) is 0 Å². The molecule has 0 heterocycles. The summed E-state index contributed by atoms with van der Waals surface area (Å²) in [6, 6.07) is 2.08. The Morgan fingerprint density at radius 2 is 1.94 bits per heavy atom. The monoisotopic (exact) mass is 273 g/mol. The van der Waals surface area contributed by atoms with E-state index in [2.05, 4.69) is 4.99 Å². The van der Waals surface area contributed by atoms with Crippen LogP contribution in [0.1, 0.15) is 17.9 Å². The predicted molar refractivity (Wildman–Crippen MR) is 65.5 cm³/mol. The number of nitrogens with zero attached hydrogens (tertiary/aromatic N) is 1. The van der Waals surface area contributed by atoms with Crippen LogP contribution < -0.4 is 0 Å². The highest BCUT2D eigenvalue weighted by Crippen LogP contribution is 2.51. The van der Waals surface area contributed by atoms with Crippen LogP contribution in [-0.4, -0.2) is 13.3 Å². The lowest BCUT2D eigenvalue weighted by atomic mass is 10.1. The second kappa shape index (κ2) is 5.14. The molecule has 1 aromatic carbocycles. The molecule has 0 saturated heterocycles. The molecule has 0 amide bonds. The third-order valence-corrected chi connectivity index (χ3v) is 3.31. The van der Waals surface area contributed by atoms with Gasteiger partial charge in [-0.15, -0.1) is 0 Å². The van der Waals surface area contributed by atoms with Gasteiger partial charge in [0.15, 0.2) is 17.5 Å². The van der Waals surface area contributed by atoms with Crippen LogP contribution in [0.25, 0.3) is 0 Å². The molecule has 0 bridgehead atoms. The van der Waals surface area contributed by atoms with Crippen LogP contribution in [0.3, 0.4) is 0 Å². The number of hydrogen-bond acceptors (Lipinski definition) is 1. The molecule has 0 spiro atoms. The van der Waals surface area contributed by atoms with Crippen molar-refractivity contribution in [1.29, 1.82) is 0 Å². The van der Waals surface area contributed by atoms with Gasteiger partial charge >= 0.3 is 0 Å². The Balaban J connectivity index is 2.22. The zero-order valence-corrected chi connectivity index (χ0v) is 10.4. The summed E-state index contributed by atoms with van der Waals surface area (Å²) >= 11 is 5.66. The van der Waals surface area contributed by atoms with Gasteiger partial charge in [0.1, 0.15) is 0 Å². The first-order valence-electron chi connectivity index (χ1n) is 5.45. The van der Waals surface area contributed by atoms with Gasteiger partial charge in [0, 0.05) is 18.8 Å². The summed E-state index contributed by atoms with van der Waals surface area (Å²) in [5.74, 6) is -3.68. The van der Waals surface area contributed by atoms with Crippen molar-refractivity contribution in [2.75, 3.05) is 7.05 Å². The maximum atomic E-state index is 13.1. The average Bonchev–Trinajstić information content (AvgIpc) is 3.12. The molecule has 18 heavy (non-hydrogen) atoms. The molecule has 1 aliphatic carbocycles. The molecule has 5 heteroatoms. The molecule has 0 radical (unpaired) electrons. The maximum absolute atomic E-state index is 13.1. The Bertz CT molecular complexity index is 502. The van der Waals surface area contributed by atoms with Crippen molar-refractivity contribution in [3.8, 4) is 0 Å². The lowest BCUT2D eigenvalue weighted by molar-refractivity contribution is 0.445. The summed E-state index contributed by atoms with van der Waals surface area (Å²) in [7, 11) is 1.62. The van der Waals surface area contributed by atoms with Crippen molar-refractivity contribution in [2.24, 2.45) is 10.9 Å². The first-order valence-corrected chi connectivity index (χ1v) is 5.89. The Kier molecular flexibility index (Phi) is 3.76. The minimum Gasteiger partial charge on any atom is -0.296 e. The third kappa shape index (κ3) is 2.43. The van der Waals surface area contributed by atoms with Gasteiger partial charge < -0.3 is 0 Å². The van der Waals surface area contributed by atoms with Crippen LogP contribution in [0.15, 0.2) is 28.2 Å². The fourth-order valence-corrected chi connectivity index (χ4v) is 2.29. The van der Waals surface area contributed by atoms with E-state index in [1.54, 1.807) is 13.3 Å². The summed E-state index contributed by atoms with van der Waals surface area (Å²) in [6.45, 7) is 0. The predicted octanol–water partition coefficient (Wildman–Crippen LogP) is 4.03. The lowest BCUT2D eigenvalue weighted by Crippen LogP contribution is -1.96. The summed E-state index contributed by atoms with van der Waals surface area (Å²) in [5.41, 5.74) is 2.68. The summed E-state index contributed by atoms with van der Waals surface area (Å²) < 4.78 is 39.0. The van der Waals surface area contributed by atoms with Crippen molar-refractivity contribution in [2.45, 2.75) is 12.3 Å². The van der Waals surface area contributed by atoms with E-state index >= 15 is 0 Å². The molecule has 2 unspecified atom stereocenters. The molecular weight excluding hydrogens is 263 g/mol. The van der Waals surface area contributed by atoms with E-state index in [1.807, 2.05) is 0 Å². The van der Waals surface area contributed by atoms with Crippen LogP contribution in [0, 0.1) is 23.4 Å². The quantitative estimate of drug-likeness (QED) is 0.582. The number of benzene rings is 1. The highest BCUT2D eigenvalue weighted by atomic mass is 35.5. The summed E-state index contributed by atoms with van der Waals surface area (Å²) in [6.07, 6.45) is 2.35. The number of hydrogen-bond donors (Lipinski definition) is 0. The van der Waals surface area contributed by atoms with Crippen molar-refractivity contribution in [3.63, 3.8) is 0 Å². The van der Waals surface area contributed by atoms with E-state index in [0.29, 0.717) is 5.56 Å². The number of allylic oxidation sites excluding steroid dienone is 1. The van der Waals surface area contributed by atoms with Crippen LogP contribution in [0.2, 0.25) is 0 Å². The van der Waals surface area contributed by atoms with Crippen LogP contribution in [0.5, 0.6) is 0 Å². The van der Waals surface area contributed by atoms with Gasteiger partial charge in [0.05, 0.1) is 0 Å². The number of aliphatic imine (C=N–C) groups is 1. The summed E-state index contributed by atoms with van der Waals surface area (Å²) in [4.78, 5) is 3.86. The zero-order valence-electron chi connectivity index (χ0n) is 9.63. The lowest BCUT2D eigenvalue weighted by Gasteiger charge is -2.03. The normalized spacial score (nSPS) is 23.7. The zero-order chi connectivity index (χ0) is 13.3. The fourth-order valence-electron chi connectivity index (χ4n) is 2.07. The molecule has 1 saturated carbocycles. The molecule has 1 fully saturated rings. The molecule has 1 nitrogen and oxygen atoms in total. The van der Waals surface area contributed by atoms with E-state index in [1.165, 1.54) is 5.54 Å². The molecule has 96 valence electrons. The molecule has 2 rings (SSSR count). The van der Waals surface area contributed by atoms with E-state index in [4.69, 9.17) is 11.6 Å². The van der Waals surface area contributed by atoms with E-state index < -0.39 is 17.5 Å². The van der Waals surface area contributed by atoms with Gasteiger partial charge in [0.2, 0.25) is 0 Å². The fraction of sp³-hybridized carbons (Fsp3) is 0.308. The van der Waals surface area contributed by atoms with Gasteiger partial charge in [-0.1, -0.05) is 11.6 Å². The van der Waals surface area contributed by atoms with Crippen LogP contribution in [-0.2, 0) is 0 Å². The maximum Gasteiger partial charge on any atom is 0.194 e. The standard InChI is InChI=1S/C13H11ClF3N/c1-18-6-8(5-14)10-4-9(10)7-2-11(15)13(17)12(16)3-7/h2-3,5-6,9-10H,4H2,1H3/b8-5+,18-6?. The van der Waals surface area contributed by atoms with E-state index in [9.17, 15) is 13.2 Å². The van der Waals surface area contributed by atoms with Crippen molar-refractivity contribution >= 4 is 17.8 Å². The Labute approximate surface area is 108 Å². The Morgan fingerprint density at radius 3 is 2.44 bits per heavy atom. The van der Waals surface area contributed by atoms with Gasteiger partial charge in [-0.3, -0.25) is 4.99 Å². The number of rotatable bonds is 3. The second-order valence-corrected chi connectivity index (χ2v) is 4.46. The average molecular weight is 274 g/mol. The molecule has 0 N–H and O–H groups in total. The van der Waals surface area contributed by atoms with Crippen molar-refractivity contribution in [1.82, 2.24) is 0 Å². The minimum atomic E-state index is -1.43. The minimum absolute atomic E-state index is 0.0300. The molecule has 2 atom stereocenters. The first-order chi connectivity index (χ1) is 8.58. The molecular formula is C13H11ClF3N. The Morgan fingerprint density at radius 1 is 1.33 bits per heavy atom. The molecule has 1 aliphatic rings. The van der Waals surface area contributed by atoms with Crippen molar-refractivity contribution < 1.29 is 13.2 Å². The number of halogens is 4. The van der Waals surface area contributed by atoms with E-state index in [0.717, 1.165) is 24.1 Å². The molecule has 1 aromatic rings. The highest BCUT2D eigenvalue weighted by molar-refractivity contribution is 6.27. The smallest absolute Gasteiger partial charge is 0.194 e. The highest BCUT2D eigenvalue weighted by Gasteiger charge is 2.41. The third-order valence-electron chi connectivity index (χ3n) is 3.06. The molecule has 0 aliphatic heterocycles. The van der Waals surface area contributed by atoms with Gasteiger partial charge in [-0.05, 0) is 41.5 Å². The van der Waals surface area contributed by atoms with Crippen molar-refractivity contribution in [3.05, 3.63) is 46.3 Å². The second-order valence-electron chi connectivity index (χ2n) is 4.24. The SMILES string of the molecule is CN=C/C(=C\Cl)C1CC1c1cc(F)c(F)c(F)c1. The van der Waals surface area contributed by atoms with Gasteiger partial charge in [-0.25, -0.2) is 13.2 Å². The Hall–Kier alpha value is -1.29. The van der Waals surface area contributed by atoms with Crippen LogP contribution in [0.4, 0.5) is 13.2 Å². The summed E-state index contributed by atoms with van der Waals surface area (Å²) in [5, 5.41) is 0. The topological polar surface area (TPSA) is 12.4 Å². The van der Waals surface area contributed by atoms with Crippen LogP contribution >= 0.6 is 11.6 Å². The van der Waals surface area contributed by atoms with Gasteiger partial charge in [-0.2, -0.15) is 0 Å².